The highest BCUT2D eigenvalue weighted by Gasteiger charge is 2.25. The van der Waals surface area contributed by atoms with Gasteiger partial charge < -0.3 is 10.3 Å². The van der Waals surface area contributed by atoms with Gasteiger partial charge in [0.15, 0.2) is 0 Å². The molecule has 21 heavy (non-hydrogen) atoms. The summed E-state index contributed by atoms with van der Waals surface area (Å²) in [5.41, 5.74) is 6.74. The van der Waals surface area contributed by atoms with Gasteiger partial charge in [-0.05, 0) is 11.6 Å². The lowest BCUT2D eigenvalue weighted by molar-refractivity contribution is 0.147. The van der Waals surface area contributed by atoms with Gasteiger partial charge in [0, 0.05) is 31.2 Å². The van der Waals surface area contributed by atoms with E-state index in [1.807, 2.05) is 10.6 Å². The van der Waals surface area contributed by atoms with E-state index in [4.69, 9.17) is 5.73 Å². The zero-order valence-electron chi connectivity index (χ0n) is 11.5. The Bertz CT molecular complexity index is 613. The maximum Gasteiger partial charge on any atom is 0.263 e. The first-order valence-corrected chi connectivity index (χ1v) is 6.88. The van der Waals surface area contributed by atoms with Gasteiger partial charge in [-0.3, -0.25) is 4.90 Å². The summed E-state index contributed by atoms with van der Waals surface area (Å²) in [6, 6.07) is 6.40. The highest BCUT2D eigenvalue weighted by molar-refractivity contribution is 5.27. The molecule has 3 rings (SSSR count). The van der Waals surface area contributed by atoms with Gasteiger partial charge in [0.2, 0.25) is 0 Å². The molecule has 1 aromatic carbocycles. The normalized spacial score (nSPS) is 17.0. The van der Waals surface area contributed by atoms with Crippen molar-refractivity contribution >= 4 is 0 Å². The molecule has 0 saturated heterocycles. The van der Waals surface area contributed by atoms with Crippen LogP contribution in [0.2, 0.25) is 0 Å². The summed E-state index contributed by atoms with van der Waals surface area (Å²) in [4.78, 5) is 2.16. The van der Waals surface area contributed by atoms with E-state index >= 15 is 0 Å². The standard InChI is InChI=1S/C14H17F2N5/c15-14(16)11-3-1-2-10(6-11)12(7-17)20-4-5-21-9-18-19-13(21)8-20/h1-3,6,9,12,14H,4-5,7-8,17H2. The summed E-state index contributed by atoms with van der Waals surface area (Å²) >= 11 is 0. The second kappa shape index (κ2) is 5.87. The molecule has 7 heteroatoms. The first-order valence-electron chi connectivity index (χ1n) is 6.88. The quantitative estimate of drug-likeness (QED) is 0.932. The first kappa shape index (κ1) is 14.1. The van der Waals surface area contributed by atoms with Crippen molar-refractivity contribution in [3.05, 3.63) is 47.5 Å². The second-order valence-corrected chi connectivity index (χ2v) is 5.13. The van der Waals surface area contributed by atoms with Crippen LogP contribution in [0.1, 0.15) is 29.4 Å². The van der Waals surface area contributed by atoms with E-state index in [0.29, 0.717) is 13.1 Å². The number of nitrogens with two attached hydrogens (primary N) is 1. The zero-order valence-corrected chi connectivity index (χ0v) is 11.5. The van der Waals surface area contributed by atoms with Gasteiger partial charge in [-0.15, -0.1) is 10.2 Å². The molecule has 0 amide bonds. The minimum Gasteiger partial charge on any atom is -0.329 e. The van der Waals surface area contributed by atoms with Gasteiger partial charge >= 0.3 is 0 Å². The van der Waals surface area contributed by atoms with Gasteiger partial charge in [0.05, 0.1) is 6.54 Å². The fourth-order valence-electron chi connectivity index (χ4n) is 2.75. The Morgan fingerprint density at radius 2 is 2.05 bits per heavy atom. The van der Waals surface area contributed by atoms with Crippen LogP contribution in [0.4, 0.5) is 8.78 Å². The maximum absolute atomic E-state index is 12.8. The fraction of sp³-hybridized carbons (Fsp3) is 0.429. The van der Waals surface area contributed by atoms with Gasteiger partial charge in [0.25, 0.3) is 6.43 Å². The molecule has 0 spiro atoms. The molecule has 1 unspecified atom stereocenters. The molecule has 5 nitrogen and oxygen atoms in total. The topological polar surface area (TPSA) is 60.0 Å². The van der Waals surface area contributed by atoms with Crippen molar-refractivity contribution in [2.75, 3.05) is 13.1 Å². The average Bonchev–Trinajstić information content (AvgIpc) is 2.96. The molecule has 1 aromatic heterocycles. The molecule has 1 aliphatic heterocycles. The van der Waals surface area contributed by atoms with Crippen molar-refractivity contribution in [3.63, 3.8) is 0 Å². The highest BCUT2D eigenvalue weighted by Crippen LogP contribution is 2.27. The molecular formula is C14H17F2N5. The van der Waals surface area contributed by atoms with Crippen molar-refractivity contribution in [3.8, 4) is 0 Å². The summed E-state index contributed by atoms with van der Waals surface area (Å²) < 4.78 is 27.7. The Morgan fingerprint density at radius 1 is 1.24 bits per heavy atom. The van der Waals surface area contributed by atoms with Crippen molar-refractivity contribution in [2.24, 2.45) is 5.73 Å². The van der Waals surface area contributed by atoms with Crippen LogP contribution in [0.15, 0.2) is 30.6 Å². The number of rotatable bonds is 4. The van der Waals surface area contributed by atoms with E-state index in [-0.39, 0.29) is 11.6 Å². The largest absolute Gasteiger partial charge is 0.329 e. The molecule has 0 radical (unpaired) electrons. The van der Waals surface area contributed by atoms with Crippen LogP contribution in [0.25, 0.3) is 0 Å². The van der Waals surface area contributed by atoms with Crippen LogP contribution in [-0.4, -0.2) is 32.8 Å². The number of alkyl halides is 2. The molecule has 1 aliphatic rings. The van der Waals surface area contributed by atoms with Crippen molar-refractivity contribution in [2.45, 2.75) is 25.6 Å². The van der Waals surface area contributed by atoms with E-state index in [9.17, 15) is 8.78 Å². The Hall–Kier alpha value is -1.86. The number of benzene rings is 1. The Labute approximate surface area is 121 Å². The molecular weight excluding hydrogens is 276 g/mol. The third-order valence-electron chi connectivity index (χ3n) is 3.88. The number of hydrogen-bond acceptors (Lipinski definition) is 4. The molecule has 2 aromatic rings. The highest BCUT2D eigenvalue weighted by atomic mass is 19.3. The molecule has 0 bridgehead atoms. The summed E-state index contributed by atoms with van der Waals surface area (Å²) in [5, 5.41) is 7.96. The Balaban J connectivity index is 1.84. The predicted molar refractivity (Wildman–Crippen MR) is 73.6 cm³/mol. The number of hydrogen-bond donors (Lipinski definition) is 1. The smallest absolute Gasteiger partial charge is 0.263 e. The van der Waals surface area contributed by atoms with E-state index in [0.717, 1.165) is 24.5 Å². The van der Waals surface area contributed by atoms with Crippen LogP contribution in [0, 0.1) is 0 Å². The second-order valence-electron chi connectivity index (χ2n) is 5.13. The summed E-state index contributed by atoms with van der Waals surface area (Å²) in [6.07, 6.45) is -0.755. The first-order chi connectivity index (χ1) is 10.2. The lowest BCUT2D eigenvalue weighted by Gasteiger charge is -2.34. The molecule has 112 valence electrons. The summed E-state index contributed by atoms with van der Waals surface area (Å²) in [6.45, 7) is 2.58. The minimum atomic E-state index is -2.46. The summed E-state index contributed by atoms with van der Waals surface area (Å²) in [5.74, 6) is 0.879. The van der Waals surface area contributed by atoms with E-state index < -0.39 is 6.43 Å². The summed E-state index contributed by atoms with van der Waals surface area (Å²) in [7, 11) is 0. The van der Waals surface area contributed by atoms with E-state index in [1.54, 1.807) is 18.5 Å². The van der Waals surface area contributed by atoms with Crippen molar-refractivity contribution in [1.29, 1.82) is 0 Å². The molecule has 1 atom stereocenters. The fourth-order valence-corrected chi connectivity index (χ4v) is 2.75. The Morgan fingerprint density at radius 3 is 2.81 bits per heavy atom. The maximum atomic E-state index is 12.8. The van der Waals surface area contributed by atoms with Crippen molar-refractivity contribution < 1.29 is 8.78 Å². The SMILES string of the molecule is NCC(c1cccc(C(F)F)c1)N1CCn2cnnc2C1. The third kappa shape index (κ3) is 2.79. The number of fused-ring (bicyclic) bond motifs is 1. The molecule has 2 heterocycles. The van der Waals surface area contributed by atoms with Crippen LogP contribution in [0.3, 0.4) is 0 Å². The van der Waals surface area contributed by atoms with Gasteiger partial charge in [-0.25, -0.2) is 8.78 Å². The van der Waals surface area contributed by atoms with Crippen LogP contribution in [-0.2, 0) is 13.1 Å². The predicted octanol–water partition coefficient (Wildman–Crippen LogP) is 1.73. The number of aromatic nitrogens is 3. The Kier molecular flexibility index (Phi) is 3.94. The zero-order chi connectivity index (χ0) is 14.8. The van der Waals surface area contributed by atoms with Gasteiger partial charge in [-0.1, -0.05) is 18.2 Å². The van der Waals surface area contributed by atoms with Crippen LogP contribution in [0.5, 0.6) is 0 Å². The minimum absolute atomic E-state index is 0.0335. The molecule has 0 saturated carbocycles. The van der Waals surface area contributed by atoms with E-state index in [2.05, 4.69) is 15.1 Å². The molecule has 0 fully saturated rings. The molecule has 2 N–H and O–H groups in total. The molecule has 0 aliphatic carbocycles. The van der Waals surface area contributed by atoms with Crippen molar-refractivity contribution in [1.82, 2.24) is 19.7 Å². The number of nitrogens with zero attached hydrogens (tertiary/aromatic N) is 4. The van der Waals surface area contributed by atoms with Gasteiger partial charge in [0.1, 0.15) is 12.2 Å². The lowest BCUT2D eigenvalue weighted by Crippen LogP contribution is -2.39. The lowest BCUT2D eigenvalue weighted by atomic mass is 10.0. The van der Waals surface area contributed by atoms with E-state index in [1.165, 1.54) is 6.07 Å². The van der Waals surface area contributed by atoms with Gasteiger partial charge in [-0.2, -0.15) is 0 Å². The van der Waals surface area contributed by atoms with Crippen LogP contribution >= 0.6 is 0 Å². The van der Waals surface area contributed by atoms with Crippen LogP contribution < -0.4 is 5.73 Å². The third-order valence-corrected chi connectivity index (χ3v) is 3.88. The number of halogens is 2. The average molecular weight is 293 g/mol. The monoisotopic (exact) mass is 293 g/mol.